The molecule has 2 heterocycles. The molecule has 0 aliphatic heterocycles. The minimum atomic E-state index is 0.0218. The minimum absolute atomic E-state index is 0.0218. The lowest BCUT2D eigenvalue weighted by Gasteiger charge is -2.13. The molecule has 2 N–H and O–H groups in total. The Morgan fingerprint density at radius 1 is 1.14 bits per heavy atom. The van der Waals surface area contributed by atoms with Crippen LogP contribution in [0.15, 0.2) is 36.9 Å². The topological polar surface area (TPSA) is 66.5 Å². The summed E-state index contributed by atoms with van der Waals surface area (Å²) in [7, 11) is 0. The van der Waals surface area contributed by atoms with E-state index in [-0.39, 0.29) is 5.41 Å². The lowest BCUT2D eigenvalue weighted by Crippen LogP contribution is -2.12. The van der Waals surface area contributed by atoms with Gasteiger partial charge in [0.05, 0.1) is 11.0 Å². The number of H-pyrrole nitrogens is 1. The van der Waals surface area contributed by atoms with E-state index in [1.54, 1.807) is 0 Å². The summed E-state index contributed by atoms with van der Waals surface area (Å²) in [5.41, 5.74) is 4.17. The Bertz CT molecular complexity index is 740. The Balaban J connectivity index is 1.81. The van der Waals surface area contributed by atoms with Gasteiger partial charge in [-0.15, -0.1) is 0 Å². The Labute approximate surface area is 123 Å². The van der Waals surface area contributed by atoms with Crippen molar-refractivity contribution in [2.45, 2.75) is 32.7 Å². The molecule has 0 atom stereocenters. The number of aromatic amines is 1. The Morgan fingerprint density at radius 2 is 1.90 bits per heavy atom. The van der Waals surface area contributed by atoms with E-state index in [2.05, 4.69) is 52.1 Å². The SMILES string of the molecule is CC(C)(C)c1nc2ccc(NCc3cncnc3)cc2[nH]1. The zero-order chi connectivity index (χ0) is 14.9. The van der Waals surface area contributed by atoms with Crippen molar-refractivity contribution in [3.8, 4) is 0 Å². The number of benzene rings is 1. The van der Waals surface area contributed by atoms with Gasteiger partial charge in [0.25, 0.3) is 0 Å². The number of anilines is 1. The summed E-state index contributed by atoms with van der Waals surface area (Å²) in [5, 5.41) is 3.37. The van der Waals surface area contributed by atoms with Crippen molar-refractivity contribution in [1.29, 1.82) is 0 Å². The molecule has 0 aliphatic carbocycles. The number of fused-ring (bicyclic) bond motifs is 1. The smallest absolute Gasteiger partial charge is 0.115 e. The average Bonchev–Trinajstić information content (AvgIpc) is 2.89. The van der Waals surface area contributed by atoms with Crippen molar-refractivity contribution in [3.05, 3.63) is 48.3 Å². The summed E-state index contributed by atoms with van der Waals surface area (Å²) in [6.07, 6.45) is 5.16. The fourth-order valence-corrected chi connectivity index (χ4v) is 2.10. The first-order chi connectivity index (χ1) is 10.0. The van der Waals surface area contributed by atoms with Crippen molar-refractivity contribution >= 4 is 16.7 Å². The van der Waals surface area contributed by atoms with Crippen molar-refractivity contribution in [2.24, 2.45) is 0 Å². The molecule has 0 unspecified atom stereocenters. The molecule has 5 nitrogen and oxygen atoms in total. The molecule has 2 aromatic heterocycles. The monoisotopic (exact) mass is 281 g/mol. The van der Waals surface area contributed by atoms with Crippen molar-refractivity contribution in [1.82, 2.24) is 19.9 Å². The van der Waals surface area contributed by atoms with E-state index in [4.69, 9.17) is 0 Å². The minimum Gasteiger partial charge on any atom is -0.381 e. The molecule has 0 fully saturated rings. The van der Waals surface area contributed by atoms with Gasteiger partial charge in [-0.25, -0.2) is 15.0 Å². The first kappa shape index (κ1) is 13.5. The molecule has 0 amide bonds. The summed E-state index contributed by atoms with van der Waals surface area (Å²) >= 11 is 0. The Kier molecular flexibility index (Phi) is 3.33. The fraction of sp³-hybridized carbons (Fsp3) is 0.312. The van der Waals surface area contributed by atoms with Crippen LogP contribution < -0.4 is 5.32 Å². The van der Waals surface area contributed by atoms with Crippen molar-refractivity contribution < 1.29 is 0 Å². The maximum absolute atomic E-state index is 4.64. The van der Waals surface area contributed by atoms with Crippen molar-refractivity contribution in [2.75, 3.05) is 5.32 Å². The molecule has 0 radical (unpaired) electrons. The quantitative estimate of drug-likeness (QED) is 0.773. The number of aromatic nitrogens is 4. The second-order valence-electron chi connectivity index (χ2n) is 6.17. The summed E-state index contributed by atoms with van der Waals surface area (Å²) in [6, 6.07) is 6.16. The highest BCUT2D eigenvalue weighted by molar-refractivity contribution is 5.79. The Hall–Kier alpha value is -2.43. The number of hydrogen-bond acceptors (Lipinski definition) is 4. The van der Waals surface area contributed by atoms with Crippen molar-refractivity contribution in [3.63, 3.8) is 0 Å². The molecule has 0 spiro atoms. The fourth-order valence-electron chi connectivity index (χ4n) is 2.10. The van der Waals surface area contributed by atoms with Crippen LogP contribution in [0.1, 0.15) is 32.2 Å². The molecular weight excluding hydrogens is 262 g/mol. The number of nitrogens with zero attached hydrogens (tertiary/aromatic N) is 3. The molecule has 108 valence electrons. The first-order valence-corrected chi connectivity index (χ1v) is 7.00. The third-order valence-corrected chi connectivity index (χ3v) is 3.30. The largest absolute Gasteiger partial charge is 0.381 e. The summed E-state index contributed by atoms with van der Waals surface area (Å²) in [4.78, 5) is 16.1. The van der Waals surface area contributed by atoms with Gasteiger partial charge in [-0.2, -0.15) is 0 Å². The normalized spacial score (nSPS) is 11.8. The highest BCUT2D eigenvalue weighted by atomic mass is 14.9. The lowest BCUT2D eigenvalue weighted by molar-refractivity contribution is 0.554. The number of rotatable bonds is 3. The van der Waals surface area contributed by atoms with E-state index >= 15 is 0 Å². The van der Waals surface area contributed by atoms with Crippen LogP contribution >= 0.6 is 0 Å². The van der Waals surface area contributed by atoms with Gasteiger partial charge in [-0.3, -0.25) is 0 Å². The van der Waals surface area contributed by atoms with Gasteiger partial charge >= 0.3 is 0 Å². The van der Waals surface area contributed by atoms with Gasteiger partial charge in [0.15, 0.2) is 0 Å². The van der Waals surface area contributed by atoms with Crippen LogP contribution in [-0.4, -0.2) is 19.9 Å². The Morgan fingerprint density at radius 3 is 2.62 bits per heavy atom. The number of nitrogens with one attached hydrogen (secondary N) is 2. The summed E-state index contributed by atoms with van der Waals surface area (Å²) in [5.74, 6) is 1.01. The third kappa shape index (κ3) is 3.02. The number of imidazole rings is 1. The van der Waals surface area contributed by atoms with E-state index in [0.717, 1.165) is 28.1 Å². The molecule has 0 bridgehead atoms. The standard InChI is InChI=1S/C16H19N5/c1-16(2,3)15-20-13-5-4-12(6-14(13)21-15)19-9-11-7-17-10-18-8-11/h4-8,10,19H,9H2,1-3H3,(H,20,21). The van der Waals surface area contributed by atoms with Crippen LogP contribution in [0.5, 0.6) is 0 Å². The van der Waals surface area contributed by atoms with E-state index in [9.17, 15) is 0 Å². The van der Waals surface area contributed by atoms with Crippen LogP contribution in [0.4, 0.5) is 5.69 Å². The molecule has 21 heavy (non-hydrogen) atoms. The molecule has 3 rings (SSSR count). The van der Waals surface area contributed by atoms with Gasteiger partial charge in [-0.05, 0) is 18.2 Å². The molecule has 0 saturated heterocycles. The predicted octanol–water partition coefficient (Wildman–Crippen LogP) is 3.26. The summed E-state index contributed by atoms with van der Waals surface area (Å²) in [6.45, 7) is 7.16. The van der Waals surface area contributed by atoms with Crippen LogP contribution in [-0.2, 0) is 12.0 Å². The lowest BCUT2D eigenvalue weighted by atomic mass is 9.96. The zero-order valence-corrected chi connectivity index (χ0v) is 12.5. The van der Waals surface area contributed by atoms with Gasteiger partial charge in [0.1, 0.15) is 12.2 Å². The van der Waals surface area contributed by atoms with Gasteiger partial charge in [0.2, 0.25) is 0 Å². The molecule has 3 aromatic rings. The van der Waals surface area contributed by atoms with E-state index in [1.807, 2.05) is 24.5 Å². The van der Waals surface area contributed by atoms with Crippen LogP contribution in [0.2, 0.25) is 0 Å². The van der Waals surface area contributed by atoms with Crippen LogP contribution in [0.25, 0.3) is 11.0 Å². The zero-order valence-electron chi connectivity index (χ0n) is 12.5. The maximum atomic E-state index is 4.64. The molecular formula is C16H19N5. The average molecular weight is 281 g/mol. The van der Waals surface area contributed by atoms with Crippen LogP contribution in [0.3, 0.4) is 0 Å². The van der Waals surface area contributed by atoms with Gasteiger partial charge in [0, 0.05) is 35.6 Å². The number of hydrogen-bond donors (Lipinski definition) is 2. The van der Waals surface area contributed by atoms with E-state index in [0.29, 0.717) is 6.54 Å². The van der Waals surface area contributed by atoms with Gasteiger partial charge in [-0.1, -0.05) is 20.8 Å². The van der Waals surface area contributed by atoms with Crippen LogP contribution in [0, 0.1) is 0 Å². The highest BCUT2D eigenvalue weighted by Crippen LogP contribution is 2.24. The molecule has 0 saturated carbocycles. The first-order valence-electron chi connectivity index (χ1n) is 7.00. The summed E-state index contributed by atoms with van der Waals surface area (Å²) < 4.78 is 0. The maximum Gasteiger partial charge on any atom is 0.115 e. The van der Waals surface area contributed by atoms with E-state index in [1.165, 1.54) is 6.33 Å². The highest BCUT2D eigenvalue weighted by Gasteiger charge is 2.18. The second kappa shape index (κ2) is 5.16. The molecule has 1 aromatic carbocycles. The third-order valence-electron chi connectivity index (χ3n) is 3.30. The molecule has 5 heteroatoms. The molecule has 0 aliphatic rings. The second-order valence-corrected chi connectivity index (χ2v) is 6.17. The van der Waals surface area contributed by atoms with Gasteiger partial charge < -0.3 is 10.3 Å². The predicted molar refractivity (Wildman–Crippen MR) is 84.2 cm³/mol. The van der Waals surface area contributed by atoms with E-state index < -0.39 is 0 Å².